The number of nitrogens with one attached hydrogen (secondary N) is 3. The number of hydrogen-bond donors (Lipinski definition) is 3. The van der Waals surface area contributed by atoms with Crippen molar-refractivity contribution in [2.24, 2.45) is 0 Å². The van der Waals surface area contributed by atoms with Gasteiger partial charge < -0.3 is 25.4 Å². The molecule has 2 heterocycles. The lowest BCUT2D eigenvalue weighted by atomic mass is 9.85. The number of alkyl carbamates (subject to hydrolysis) is 1. The van der Waals surface area contributed by atoms with Gasteiger partial charge in [0, 0.05) is 52.8 Å². The lowest BCUT2D eigenvalue weighted by molar-refractivity contribution is -0.118. The van der Waals surface area contributed by atoms with Crippen LogP contribution in [0.4, 0.5) is 10.5 Å². The Morgan fingerprint density at radius 2 is 1.64 bits per heavy atom. The highest BCUT2D eigenvalue weighted by Crippen LogP contribution is 2.30. The number of pyridine rings is 1. The Morgan fingerprint density at radius 1 is 0.956 bits per heavy atom. The normalized spacial score (nSPS) is 17.6. The number of hydrogen-bond acceptors (Lipinski definition) is 7. The summed E-state index contributed by atoms with van der Waals surface area (Å²) in [7, 11) is 1.28. The number of benzene rings is 3. The molecule has 45 heavy (non-hydrogen) atoms. The van der Waals surface area contributed by atoms with Gasteiger partial charge >= 0.3 is 6.09 Å². The zero-order chi connectivity index (χ0) is 31.4. The average molecular weight is 645 g/mol. The molecule has 1 aliphatic heterocycles. The van der Waals surface area contributed by atoms with Crippen LogP contribution in [0.15, 0.2) is 108 Å². The molecule has 10 heteroatoms. The molecule has 0 spiro atoms. The first-order valence-corrected chi connectivity index (χ1v) is 16.3. The molecular weight excluding hydrogens is 608 g/mol. The van der Waals surface area contributed by atoms with Gasteiger partial charge in [0.15, 0.2) is 0 Å². The summed E-state index contributed by atoms with van der Waals surface area (Å²) in [6.45, 7) is 1.57. The maximum atomic E-state index is 14.0. The molecule has 1 saturated heterocycles. The Morgan fingerprint density at radius 3 is 2.40 bits per heavy atom. The van der Waals surface area contributed by atoms with Gasteiger partial charge in [0.25, 0.3) is 0 Å². The van der Waals surface area contributed by atoms with E-state index in [1.807, 2.05) is 91.0 Å². The standard InChI is InChI=1S/C35H37ClN4O4S/c1-43-35(42)40-33(32(25-8-3-2-4-9-25)26-17-19-37-20-18-26)34(41)39-31-10-6-5-7-24(31)11-14-28-21-38-22-29(44-28)23-45-30-15-12-27(36)13-16-30/h2-10,12-13,15-20,28-29,32-33,38H,11,14,21-23H2,1H3,(H,39,41)(H,40,42)/t28-,29?,32-,33-/m1/s1. The van der Waals surface area contributed by atoms with E-state index in [0.29, 0.717) is 12.1 Å². The summed E-state index contributed by atoms with van der Waals surface area (Å²) in [5, 5.41) is 10.1. The second kappa shape index (κ2) is 16.4. The first kappa shape index (κ1) is 32.5. The summed E-state index contributed by atoms with van der Waals surface area (Å²) in [6.07, 6.45) is 4.29. The molecule has 5 rings (SSSR count). The summed E-state index contributed by atoms with van der Waals surface area (Å²) < 4.78 is 11.4. The summed E-state index contributed by atoms with van der Waals surface area (Å²) in [6, 6.07) is 28.0. The highest BCUT2D eigenvalue weighted by molar-refractivity contribution is 7.99. The molecule has 0 saturated carbocycles. The molecule has 3 N–H and O–H groups in total. The zero-order valence-electron chi connectivity index (χ0n) is 25.0. The molecule has 0 radical (unpaired) electrons. The fourth-order valence-electron chi connectivity index (χ4n) is 5.44. The molecule has 0 bridgehead atoms. The van der Waals surface area contributed by atoms with Gasteiger partial charge in [0.2, 0.25) is 5.91 Å². The van der Waals surface area contributed by atoms with Crippen molar-refractivity contribution in [3.05, 3.63) is 125 Å². The van der Waals surface area contributed by atoms with E-state index in [0.717, 1.165) is 51.9 Å². The summed E-state index contributed by atoms with van der Waals surface area (Å²) in [5.74, 6) is 0.00473. The molecule has 1 fully saturated rings. The van der Waals surface area contributed by atoms with Crippen LogP contribution in [0, 0.1) is 0 Å². The van der Waals surface area contributed by atoms with E-state index in [9.17, 15) is 9.59 Å². The number of nitrogens with zero attached hydrogens (tertiary/aromatic N) is 1. The van der Waals surface area contributed by atoms with E-state index in [-0.39, 0.29) is 18.1 Å². The first-order valence-electron chi connectivity index (χ1n) is 14.9. The SMILES string of the molecule is COC(=O)N[C@@H](C(=O)Nc1ccccc1CC[C@@H]1CNCC(CSc2ccc(Cl)cc2)O1)[C@H](c1ccccc1)c1ccncc1. The van der Waals surface area contributed by atoms with E-state index >= 15 is 0 Å². The molecule has 2 amide bonds. The first-order chi connectivity index (χ1) is 22.0. The van der Waals surface area contributed by atoms with Crippen LogP contribution in [-0.2, 0) is 20.7 Å². The van der Waals surface area contributed by atoms with Crippen molar-refractivity contribution in [1.29, 1.82) is 0 Å². The topological polar surface area (TPSA) is 102 Å². The number of aromatic nitrogens is 1. The number of anilines is 1. The van der Waals surface area contributed by atoms with Crippen LogP contribution < -0.4 is 16.0 Å². The van der Waals surface area contributed by atoms with Crippen molar-refractivity contribution in [3.8, 4) is 0 Å². The summed E-state index contributed by atoms with van der Waals surface area (Å²) in [4.78, 5) is 31.8. The maximum Gasteiger partial charge on any atom is 0.407 e. The molecule has 234 valence electrons. The van der Waals surface area contributed by atoms with Crippen molar-refractivity contribution in [1.82, 2.24) is 15.6 Å². The molecule has 1 aliphatic rings. The molecule has 1 unspecified atom stereocenters. The quantitative estimate of drug-likeness (QED) is 0.155. The molecule has 4 atom stereocenters. The third kappa shape index (κ3) is 9.31. The Labute approximate surface area is 273 Å². The number of thioether (sulfide) groups is 1. The second-order valence-corrected chi connectivity index (χ2v) is 12.3. The van der Waals surface area contributed by atoms with Gasteiger partial charge in [-0.3, -0.25) is 9.78 Å². The van der Waals surface area contributed by atoms with Gasteiger partial charge in [-0.25, -0.2) is 4.79 Å². The number of halogens is 1. The van der Waals surface area contributed by atoms with E-state index in [1.165, 1.54) is 7.11 Å². The zero-order valence-corrected chi connectivity index (χ0v) is 26.6. The lowest BCUT2D eigenvalue weighted by Crippen LogP contribution is -2.48. The summed E-state index contributed by atoms with van der Waals surface area (Å²) >= 11 is 7.77. The highest BCUT2D eigenvalue weighted by atomic mass is 35.5. The minimum atomic E-state index is -0.958. The van der Waals surface area contributed by atoms with Crippen molar-refractivity contribution in [2.45, 2.75) is 41.9 Å². The summed E-state index contributed by atoms with van der Waals surface area (Å²) in [5.41, 5.74) is 3.40. The van der Waals surface area contributed by atoms with Crippen LogP contribution in [0.2, 0.25) is 5.02 Å². The van der Waals surface area contributed by atoms with Gasteiger partial charge in [-0.2, -0.15) is 0 Å². The number of carbonyl (C=O) groups excluding carboxylic acids is 2. The van der Waals surface area contributed by atoms with Crippen LogP contribution >= 0.6 is 23.4 Å². The maximum absolute atomic E-state index is 14.0. The van der Waals surface area contributed by atoms with Gasteiger partial charge in [0.1, 0.15) is 6.04 Å². The highest BCUT2D eigenvalue weighted by Gasteiger charge is 2.33. The van der Waals surface area contributed by atoms with Gasteiger partial charge in [0.05, 0.1) is 19.3 Å². The predicted octanol–water partition coefficient (Wildman–Crippen LogP) is 6.31. The number of ether oxygens (including phenoxy) is 2. The van der Waals surface area contributed by atoms with Crippen molar-refractivity contribution in [3.63, 3.8) is 0 Å². The Balaban J connectivity index is 1.27. The van der Waals surface area contributed by atoms with E-state index in [4.69, 9.17) is 21.1 Å². The van der Waals surface area contributed by atoms with Gasteiger partial charge in [-0.05, 0) is 72.0 Å². The van der Waals surface area contributed by atoms with Crippen LogP contribution in [-0.4, -0.2) is 61.2 Å². The number of amides is 2. The van der Waals surface area contributed by atoms with Crippen LogP contribution in [0.3, 0.4) is 0 Å². The molecule has 1 aromatic heterocycles. The van der Waals surface area contributed by atoms with Crippen molar-refractivity contribution in [2.75, 3.05) is 31.3 Å². The number of rotatable bonds is 12. The number of carbonyl (C=O) groups is 2. The lowest BCUT2D eigenvalue weighted by Gasteiger charge is -2.31. The molecule has 0 aliphatic carbocycles. The molecule has 3 aromatic carbocycles. The number of aryl methyl sites for hydroxylation is 1. The average Bonchev–Trinajstić information content (AvgIpc) is 3.08. The minimum absolute atomic E-state index is 0.0428. The van der Waals surface area contributed by atoms with Gasteiger partial charge in [-0.1, -0.05) is 60.1 Å². The van der Waals surface area contributed by atoms with Gasteiger partial charge in [-0.15, -0.1) is 11.8 Å². The van der Waals surface area contributed by atoms with E-state index in [1.54, 1.807) is 24.2 Å². The van der Waals surface area contributed by atoms with Crippen LogP contribution in [0.25, 0.3) is 0 Å². The number of methoxy groups -OCH3 is 1. The Hall–Kier alpha value is -3.89. The fraction of sp³-hybridized carbons (Fsp3) is 0.286. The van der Waals surface area contributed by atoms with Crippen LogP contribution in [0.1, 0.15) is 29.0 Å². The van der Waals surface area contributed by atoms with Crippen molar-refractivity contribution < 1.29 is 19.1 Å². The van der Waals surface area contributed by atoms with E-state index < -0.39 is 18.1 Å². The smallest absolute Gasteiger partial charge is 0.407 e. The third-order valence-corrected chi connectivity index (χ3v) is 9.08. The molecule has 8 nitrogen and oxygen atoms in total. The van der Waals surface area contributed by atoms with E-state index in [2.05, 4.69) is 20.9 Å². The Bertz CT molecular complexity index is 1490. The third-order valence-electron chi connectivity index (χ3n) is 7.69. The fourth-order valence-corrected chi connectivity index (χ4v) is 6.47. The second-order valence-electron chi connectivity index (χ2n) is 10.8. The largest absolute Gasteiger partial charge is 0.453 e. The predicted molar refractivity (Wildman–Crippen MR) is 179 cm³/mol. The number of morpholine rings is 1. The molecular formula is C35H37ClN4O4S. The number of para-hydroxylation sites is 1. The monoisotopic (exact) mass is 644 g/mol. The van der Waals surface area contributed by atoms with Crippen LogP contribution in [0.5, 0.6) is 0 Å². The van der Waals surface area contributed by atoms with Crippen molar-refractivity contribution >= 4 is 41.1 Å². The minimum Gasteiger partial charge on any atom is -0.453 e. The Kier molecular flexibility index (Phi) is 11.9. The molecule has 4 aromatic rings.